The van der Waals surface area contributed by atoms with Crippen molar-refractivity contribution >= 4 is 34.9 Å². The number of nitrogens with zero attached hydrogens (tertiary/aromatic N) is 3. The maximum absolute atomic E-state index is 10.5. The molecule has 0 atom stereocenters. The molecule has 0 saturated heterocycles. The van der Waals surface area contributed by atoms with Crippen molar-refractivity contribution in [1.82, 2.24) is 9.97 Å². The quantitative estimate of drug-likeness (QED) is 0.389. The van der Waals surface area contributed by atoms with E-state index < -0.39 is 4.92 Å². The maximum Gasteiger partial charge on any atom is 0.310 e. The third kappa shape index (κ3) is 3.47. The van der Waals surface area contributed by atoms with Crippen molar-refractivity contribution in [3.05, 3.63) is 57.2 Å². The number of nitrogen functional groups attached to an aromatic ring is 3. The minimum Gasteiger partial charge on any atom is -0.396 e. The Bertz CT molecular complexity index is 895. The van der Waals surface area contributed by atoms with Gasteiger partial charge in [-0.1, -0.05) is 24.3 Å². The van der Waals surface area contributed by atoms with E-state index in [0.717, 1.165) is 23.4 Å². The molecule has 0 bridgehead atoms. The second kappa shape index (κ2) is 7.33. The number of pyridine rings is 2. The van der Waals surface area contributed by atoms with Gasteiger partial charge in [0.25, 0.3) is 0 Å². The predicted molar refractivity (Wildman–Crippen MR) is 93.8 cm³/mol. The normalized spacial score (nSPS) is 12.6. The molecule has 0 saturated carbocycles. The molecule has 0 spiro atoms. The summed E-state index contributed by atoms with van der Waals surface area (Å²) in [4.78, 5) is 18.1. The van der Waals surface area contributed by atoms with Gasteiger partial charge in [-0.15, -0.1) is 0 Å². The molecule has 0 aromatic carbocycles. The number of rotatable bonds is 1. The fraction of sp³-hybridized carbons (Fsp3) is 0.125. The molecule has 2 heterocycles. The first-order valence-corrected chi connectivity index (χ1v) is 7.26. The van der Waals surface area contributed by atoms with E-state index in [1.54, 1.807) is 12.3 Å². The molecule has 2 aliphatic rings. The average Bonchev–Trinajstić information content (AvgIpc) is 3.21. The van der Waals surface area contributed by atoms with Crippen LogP contribution in [-0.4, -0.2) is 14.9 Å². The Kier molecular flexibility index (Phi) is 5.41. The fourth-order valence-electron chi connectivity index (χ4n) is 2.59. The minimum absolute atomic E-state index is 0. The first kappa shape index (κ1) is 18.4. The Balaban J connectivity index is 0.000000175. The van der Waals surface area contributed by atoms with Crippen LogP contribution in [0.4, 0.5) is 22.7 Å². The summed E-state index contributed by atoms with van der Waals surface area (Å²) in [7, 11) is 0. The third-order valence-corrected chi connectivity index (χ3v) is 3.88. The van der Waals surface area contributed by atoms with Crippen LogP contribution < -0.4 is 17.2 Å². The van der Waals surface area contributed by atoms with Gasteiger partial charge in [-0.2, -0.15) is 0 Å². The zero-order valence-corrected chi connectivity index (χ0v) is 14.2. The second-order valence-electron chi connectivity index (χ2n) is 5.38. The third-order valence-electron chi connectivity index (χ3n) is 3.88. The Morgan fingerprint density at radius 1 is 0.920 bits per heavy atom. The van der Waals surface area contributed by atoms with E-state index in [1.165, 1.54) is 6.20 Å². The molecule has 0 unspecified atom stereocenters. The smallest absolute Gasteiger partial charge is 0.310 e. The van der Waals surface area contributed by atoms with Crippen LogP contribution >= 0.6 is 0 Å². The number of nitro groups is 1. The molecule has 0 amide bonds. The van der Waals surface area contributed by atoms with Crippen molar-refractivity contribution < 1.29 is 22.0 Å². The van der Waals surface area contributed by atoms with Crippen LogP contribution in [0.1, 0.15) is 22.5 Å². The summed E-state index contributed by atoms with van der Waals surface area (Å²) in [5, 5.41) is 10.5. The number of hydrogen-bond donors (Lipinski definition) is 3. The van der Waals surface area contributed by atoms with Gasteiger partial charge in [0, 0.05) is 41.0 Å². The van der Waals surface area contributed by atoms with Gasteiger partial charge in [-0.25, -0.2) is 0 Å². The molecule has 2 aromatic rings. The molecule has 0 aliphatic heterocycles. The van der Waals surface area contributed by atoms with Crippen molar-refractivity contribution in [3.8, 4) is 0 Å². The summed E-state index contributed by atoms with van der Waals surface area (Å²) in [5.41, 5.74) is 21.7. The van der Waals surface area contributed by atoms with Gasteiger partial charge in [0.2, 0.25) is 0 Å². The second-order valence-corrected chi connectivity index (χ2v) is 5.38. The summed E-state index contributed by atoms with van der Waals surface area (Å²) in [6, 6.07) is 0. The van der Waals surface area contributed by atoms with E-state index in [1.807, 2.05) is 18.2 Å². The number of nitrogens with two attached hydrogens (primary N) is 3. The Morgan fingerprint density at radius 2 is 1.44 bits per heavy atom. The van der Waals surface area contributed by atoms with Gasteiger partial charge in [-0.3, -0.25) is 20.1 Å². The van der Waals surface area contributed by atoms with E-state index >= 15 is 0 Å². The Hall–Kier alpha value is -2.90. The van der Waals surface area contributed by atoms with Gasteiger partial charge in [0.1, 0.15) is 11.9 Å². The maximum atomic E-state index is 10.5. The van der Waals surface area contributed by atoms with Crippen LogP contribution in [0.15, 0.2) is 24.5 Å². The minimum atomic E-state index is -0.519. The SMILES string of the molecule is Nc1c([N+](=O)[O-])cnc2c1C=CC2.Nc1cnc2c(c1N)C=CC2.[Fe]. The number of aromatic nitrogens is 2. The average molecular weight is 380 g/mol. The number of allylic oxidation sites excluding steroid dienone is 2. The first-order chi connectivity index (χ1) is 11.5. The first-order valence-electron chi connectivity index (χ1n) is 7.26. The molecule has 0 fully saturated rings. The molecule has 130 valence electrons. The van der Waals surface area contributed by atoms with Gasteiger partial charge < -0.3 is 17.2 Å². The summed E-state index contributed by atoms with van der Waals surface area (Å²) in [6.07, 6.45) is 12.1. The van der Waals surface area contributed by atoms with Crippen molar-refractivity contribution in [1.29, 1.82) is 0 Å². The number of anilines is 3. The zero-order valence-electron chi connectivity index (χ0n) is 13.1. The van der Waals surface area contributed by atoms with Crippen LogP contribution in [0.25, 0.3) is 12.2 Å². The number of hydrogen-bond acceptors (Lipinski definition) is 7. The number of fused-ring (bicyclic) bond motifs is 2. The van der Waals surface area contributed by atoms with Crippen LogP contribution in [-0.2, 0) is 29.9 Å². The molecule has 8 nitrogen and oxygen atoms in total. The predicted octanol–water partition coefficient (Wildman–Crippen LogP) is 1.95. The molecule has 9 heteroatoms. The zero-order chi connectivity index (χ0) is 17.3. The molecule has 4 rings (SSSR count). The van der Waals surface area contributed by atoms with Crippen LogP contribution in [0.5, 0.6) is 0 Å². The topological polar surface area (TPSA) is 147 Å². The van der Waals surface area contributed by atoms with Gasteiger partial charge >= 0.3 is 5.69 Å². The summed E-state index contributed by atoms with van der Waals surface area (Å²) in [5.74, 6) is 0. The van der Waals surface area contributed by atoms with E-state index in [-0.39, 0.29) is 28.4 Å². The van der Waals surface area contributed by atoms with Crippen molar-refractivity contribution in [2.24, 2.45) is 0 Å². The summed E-state index contributed by atoms with van der Waals surface area (Å²) < 4.78 is 0. The van der Waals surface area contributed by atoms with E-state index in [0.29, 0.717) is 23.4 Å². The largest absolute Gasteiger partial charge is 0.396 e. The van der Waals surface area contributed by atoms with Gasteiger partial charge in [-0.05, 0) is 0 Å². The molecular formula is C16H16FeN6O2. The van der Waals surface area contributed by atoms with Crippen molar-refractivity contribution in [2.45, 2.75) is 12.8 Å². The molecule has 2 aromatic heterocycles. The van der Waals surface area contributed by atoms with Crippen molar-refractivity contribution in [3.63, 3.8) is 0 Å². The molecule has 0 radical (unpaired) electrons. The van der Waals surface area contributed by atoms with Crippen LogP contribution in [0.2, 0.25) is 0 Å². The van der Waals surface area contributed by atoms with Crippen LogP contribution in [0.3, 0.4) is 0 Å². The fourth-order valence-corrected chi connectivity index (χ4v) is 2.59. The standard InChI is InChI=1S/C8H7N3O2.C8H9N3.Fe/c9-8-5-2-1-3-6(5)10-4-7(8)11(12)13;9-6-4-11-7-3-1-2-5(7)8(6)10;/h1-2,4H,3H2,(H2,9,10);1-2,4H,3,9H2,(H2,10,11);. The molecular weight excluding hydrogens is 364 g/mol. The van der Waals surface area contributed by atoms with Crippen molar-refractivity contribution in [2.75, 3.05) is 17.2 Å². The van der Waals surface area contributed by atoms with E-state index in [2.05, 4.69) is 9.97 Å². The molecule has 6 N–H and O–H groups in total. The Labute approximate surface area is 154 Å². The van der Waals surface area contributed by atoms with E-state index in [9.17, 15) is 10.1 Å². The molecule has 2 aliphatic carbocycles. The van der Waals surface area contributed by atoms with E-state index in [4.69, 9.17) is 17.2 Å². The van der Waals surface area contributed by atoms with Gasteiger partial charge in [0.05, 0.1) is 33.9 Å². The molecule has 25 heavy (non-hydrogen) atoms. The van der Waals surface area contributed by atoms with Crippen LogP contribution in [0, 0.1) is 10.1 Å². The summed E-state index contributed by atoms with van der Waals surface area (Å²) >= 11 is 0. The Morgan fingerprint density at radius 3 is 2.00 bits per heavy atom. The monoisotopic (exact) mass is 380 g/mol. The van der Waals surface area contributed by atoms with Gasteiger partial charge in [0.15, 0.2) is 0 Å². The summed E-state index contributed by atoms with van der Waals surface area (Å²) in [6.45, 7) is 0.